The SMILES string of the molecule is Cc1ccccc1N(C)C(=O)C1CC2(CNC2)C1. The van der Waals surface area contributed by atoms with Crippen LogP contribution >= 0.6 is 0 Å². The van der Waals surface area contributed by atoms with E-state index in [4.69, 9.17) is 0 Å². The number of para-hydroxylation sites is 1. The van der Waals surface area contributed by atoms with Gasteiger partial charge >= 0.3 is 0 Å². The largest absolute Gasteiger partial charge is 0.316 e. The highest BCUT2D eigenvalue weighted by Crippen LogP contribution is 2.49. The van der Waals surface area contributed by atoms with Gasteiger partial charge in [-0.1, -0.05) is 18.2 Å². The maximum absolute atomic E-state index is 12.4. The highest BCUT2D eigenvalue weighted by Gasteiger charge is 2.51. The van der Waals surface area contributed by atoms with Crippen molar-refractivity contribution in [2.24, 2.45) is 11.3 Å². The molecule has 2 aliphatic rings. The van der Waals surface area contributed by atoms with Crippen LogP contribution in [0, 0.1) is 18.3 Å². The number of aryl methyl sites for hydroxylation is 1. The molecule has 1 aromatic carbocycles. The van der Waals surface area contributed by atoms with E-state index in [-0.39, 0.29) is 11.8 Å². The standard InChI is InChI=1S/C15H20N2O/c1-11-5-3-4-6-13(11)17(2)14(18)12-7-15(8-12)9-16-10-15/h3-6,12,16H,7-10H2,1-2H3. The fraction of sp³-hybridized carbons (Fsp3) is 0.533. The van der Waals surface area contributed by atoms with Crippen LogP contribution in [-0.2, 0) is 4.79 Å². The number of nitrogens with one attached hydrogen (secondary N) is 1. The average Bonchev–Trinajstić information content (AvgIpc) is 2.25. The Hall–Kier alpha value is -1.35. The minimum atomic E-state index is 0.233. The molecule has 0 bridgehead atoms. The maximum Gasteiger partial charge on any atom is 0.229 e. The summed E-state index contributed by atoms with van der Waals surface area (Å²) >= 11 is 0. The van der Waals surface area contributed by atoms with Crippen LogP contribution in [0.25, 0.3) is 0 Å². The number of carbonyl (C=O) groups excluding carboxylic acids is 1. The molecule has 18 heavy (non-hydrogen) atoms. The number of hydrogen-bond acceptors (Lipinski definition) is 2. The van der Waals surface area contributed by atoms with Gasteiger partial charge in [0.2, 0.25) is 5.91 Å². The second kappa shape index (κ2) is 4.09. The van der Waals surface area contributed by atoms with Gasteiger partial charge in [0, 0.05) is 31.7 Å². The zero-order chi connectivity index (χ0) is 12.8. The Kier molecular flexibility index (Phi) is 2.67. The molecule has 0 unspecified atom stereocenters. The summed E-state index contributed by atoms with van der Waals surface area (Å²) in [5, 5.41) is 3.31. The monoisotopic (exact) mass is 244 g/mol. The van der Waals surface area contributed by atoms with Crippen molar-refractivity contribution in [3.63, 3.8) is 0 Å². The molecule has 2 fully saturated rings. The van der Waals surface area contributed by atoms with Crippen molar-refractivity contribution in [1.29, 1.82) is 0 Å². The van der Waals surface area contributed by atoms with E-state index in [0.29, 0.717) is 5.41 Å². The molecule has 1 heterocycles. The lowest BCUT2D eigenvalue weighted by Gasteiger charge is -2.54. The van der Waals surface area contributed by atoms with Crippen LogP contribution in [0.3, 0.4) is 0 Å². The van der Waals surface area contributed by atoms with Gasteiger partial charge < -0.3 is 10.2 Å². The Morgan fingerprint density at radius 3 is 2.56 bits per heavy atom. The van der Waals surface area contributed by atoms with E-state index in [1.54, 1.807) is 0 Å². The summed E-state index contributed by atoms with van der Waals surface area (Å²) in [6, 6.07) is 8.07. The summed E-state index contributed by atoms with van der Waals surface area (Å²) in [7, 11) is 1.90. The molecular weight excluding hydrogens is 224 g/mol. The van der Waals surface area contributed by atoms with E-state index in [1.807, 2.05) is 30.1 Å². The van der Waals surface area contributed by atoms with E-state index in [1.165, 1.54) is 0 Å². The third-order valence-electron chi connectivity index (χ3n) is 4.52. The third kappa shape index (κ3) is 1.74. The first-order valence-electron chi connectivity index (χ1n) is 6.65. The second-order valence-electron chi connectivity index (χ2n) is 5.89. The molecule has 1 saturated carbocycles. The van der Waals surface area contributed by atoms with Crippen LogP contribution in [0.5, 0.6) is 0 Å². The summed E-state index contributed by atoms with van der Waals surface area (Å²) in [5.74, 6) is 0.513. The number of anilines is 1. The molecule has 1 saturated heterocycles. The molecule has 96 valence electrons. The third-order valence-corrected chi connectivity index (χ3v) is 4.52. The van der Waals surface area contributed by atoms with Crippen molar-refractivity contribution < 1.29 is 4.79 Å². The van der Waals surface area contributed by atoms with E-state index < -0.39 is 0 Å². The second-order valence-corrected chi connectivity index (χ2v) is 5.89. The van der Waals surface area contributed by atoms with Gasteiger partial charge in [-0.25, -0.2) is 0 Å². The van der Waals surface area contributed by atoms with Gasteiger partial charge in [-0.3, -0.25) is 4.79 Å². The molecule has 3 nitrogen and oxygen atoms in total. The first kappa shape index (κ1) is 11.7. The van der Waals surface area contributed by atoms with Gasteiger partial charge in [0.15, 0.2) is 0 Å². The molecule has 1 aromatic rings. The number of nitrogens with zero attached hydrogens (tertiary/aromatic N) is 1. The van der Waals surface area contributed by atoms with Gasteiger partial charge in [-0.05, 0) is 36.8 Å². The first-order valence-corrected chi connectivity index (χ1v) is 6.65. The summed E-state index contributed by atoms with van der Waals surface area (Å²) in [4.78, 5) is 14.2. The van der Waals surface area contributed by atoms with Crippen LogP contribution in [0.15, 0.2) is 24.3 Å². The van der Waals surface area contributed by atoms with Gasteiger partial charge in [0.05, 0.1) is 0 Å². The fourth-order valence-corrected chi connectivity index (χ4v) is 3.26. The van der Waals surface area contributed by atoms with Crippen molar-refractivity contribution in [2.45, 2.75) is 19.8 Å². The van der Waals surface area contributed by atoms with Crippen LogP contribution in [0.1, 0.15) is 18.4 Å². The highest BCUT2D eigenvalue weighted by molar-refractivity contribution is 5.95. The Bertz CT molecular complexity index is 471. The highest BCUT2D eigenvalue weighted by atomic mass is 16.2. The fourth-order valence-electron chi connectivity index (χ4n) is 3.26. The zero-order valence-corrected chi connectivity index (χ0v) is 11.1. The van der Waals surface area contributed by atoms with E-state index in [2.05, 4.69) is 18.3 Å². The molecule has 3 heteroatoms. The Morgan fingerprint density at radius 1 is 1.33 bits per heavy atom. The average molecular weight is 244 g/mol. The molecule has 0 radical (unpaired) electrons. The number of hydrogen-bond donors (Lipinski definition) is 1. The first-order chi connectivity index (χ1) is 8.61. The van der Waals surface area contributed by atoms with Gasteiger partial charge in [0.1, 0.15) is 0 Å². The van der Waals surface area contributed by atoms with E-state index in [0.717, 1.165) is 37.2 Å². The van der Waals surface area contributed by atoms with Crippen molar-refractivity contribution >= 4 is 11.6 Å². The van der Waals surface area contributed by atoms with Crippen LogP contribution in [-0.4, -0.2) is 26.0 Å². The molecule has 1 aliphatic heterocycles. The van der Waals surface area contributed by atoms with E-state index >= 15 is 0 Å². The van der Waals surface area contributed by atoms with Crippen molar-refractivity contribution in [3.8, 4) is 0 Å². The quantitative estimate of drug-likeness (QED) is 0.862. The van der Waals surface area contributed by atoms with E-state index in [9.17, 15) is 4.79 Å². The lowest BCUT2D eigenvalue weighted by Crippen LogP contribution is -2.62. The summed E-state index contributed by atoms with van der Waals surface area (Å²) in [5.41, 5.74) is 2.66. The molecule has 0 atom stereocenters. The van der Waals surface area contributed by atoms with Crippen LogP contribution < -0.4 is 10.2 Å². The molecule has 0 aromatic heterocycles. The molecule has 1 spiro atoms. The molecule has 3 rings (SSSR count). The Balaban J connectivity index is 1.68. The maximum atomic E-state index is 12.4. The molecule has 1 amide bonds. The van der Waals surface area contributed by atoms with Gasteiger partial charge in [0.25, 0.3) is 0 Å². The molecule has 1 aliphatic carbocycles. The van der Waals surface area contributed by atoms with Gasteiger partial charge in [-0.2, -0.15) is 0 Å². The predicted octanol–water partition coefficient (Wildman–Crippen LogP) is 1.96. The minimum absolute atomic E-state index is 0.233. The minimum Gasteiger partial charge on any atom is -0.316 e. The van der Waals surface area contributed by atoms with Crippen LogP contribution in [0.4, 0.5) is 5.69 Å². The summed E-state index contributed by atoms with van der Waals surface area (Å²) in [6.07, 6.45) is 2.13. The smallest absolute Gasteiger partial charge is 0.229 e. The van der Waals surface area contributed by atoms with Crippen molar-refractivity contribution in [2.75, 3.05) is 25.0 Å². The van der Waals surface area contributed by atoms with Crippen molar-refractivity contribution in [3.05, 3.63) is 29.8 Å². The predicted molar refractivity (Wildman–Crippen MR) is 72.6 cm³/mol. The number of benzene rings is 1. The number of carbonyl (C=O) groups is 1. The Labute approximate surface area is 108 Å². The molecule has 1 N–H and O–H groups in total. The number of amides is 1. The summed E-state index contributed by atoms with van der Waals surface area (Å²) in [6.45, 7) is 4.26. The lowest BCUT2D eigenvalue weighted by atomic mass is 9.58. The Morgan fingerprint density at radius 2 is 2.00 bits per heavy atom. The van der Waals surface area contributed by atoms with Gasteiger partial charge in [-0.15, -0.1) is 0 Å². The molecular formula is C15H20N2O. The normalized spacial score (nSPS) is 21.2. The van der Waals surface area contributed by atoms with Crippen molar-refractivity contribution in [1.82, 2.24) is 5.32 Å². The zero-order valence-electron chi connectivity index (χ0n) is 11.1. The topological polar surface area (TPSA) is 32.3 Å². The number of rotatable bonds is 2. The lowest BCUT2D eigenvalue weighted by molar-refractivity contribution is -0.131. The van der Waals surface area contributed by atoms with Crippen LogP contribution in [0.2, 0.25) is 0 Å². The summed E-state index contributed by atoms with van der Waals surface area (Å²) < 4.78 is 0.